The molecule has 0 radical (unpaired) electrons. The predicted octanol–water partition coefficient (Wildman–Crippen LogP) is 2.30. The van der Waals surface area contributed by atoms with Crippen LogP contribution in [0.25, 0.3) is 0 Å². The Hall–Kier alpha value is -2.29. The van der Waals surface area contributed by atoms with Gasteiger partial charge in [0.15, 0.2) is 0 Å². The zero-order valence-electron chi connectivity index (χ0n) is 19.6. The van der Waals surface area contributed by atoms with E-state index < -0.39 is 0 Å². The normalized spacial score (nSPS) is 22.6. The lowest BCUT2D eigenvalue weighted by Gasteiger charge is -2.29. The standard InChI is InChI=1S/C23H37N5O4/c1-16(2)10-11-32-17(3)13-27-15-20(25-26-27)12-24-23(31)19-6-4-18(5-7-19)14-28-21(29)8-9-22(28)30/h15-19H,4-14H2,1-3H3,(H,24,31). The molecular formula is C23H37N5O4. The van der Waals surface area contributed by atoms with Crippen molar-refractivity contribution < 1.29 is 19.1 Å². The smallest absolute Gasteiger partial charge is 0.229 e. The lowest BCUT2D eigenvalue weighted by Crippen LogP contribution is -2.37. The van der Waals surface area contributed by atoms with Gasteiger partial charge in [0.1, 0.15) is 5.69 Å². The summed E-state index contributed by atoms with van der Waals surface area (Å²) in [5.74, 6) is 0.822. The minimum atomic E-state index is -0.0561. The molecule has 3 amide bonds. The van der Waals surface area contributed by atoms with Gasteiger partial charge in [0.25, 0.3) is 0 Å². The average molecular weight is 448 g/mol. The fourth-order valence-electron chi connectivity index (χ4n) is 4.34. The Morgan fingerprint density at radius 1 is 1.16 bits per heavy atom. The van der Waals surface area contributed by atoms with Crippen molar-refractivity contribution in [3.05, 3.63) is 11.9 Å². The van der Waals surface area contributed by atoms with Crippen molar-refractivity contribution in [2.24, 2.45) is 17.8 Å². The van der Waals surface area contributed by atoms with E-state index in [1.54, 1.807) is 4.68 Å². The quantitative estimate of drug-likeness (QED) is 0.522. The maximum atomic E-state index is 12.6. The number of rotatable bonds is 11. The Balaban J connectivity index is 1.35. The highest BCUT2D eigenvalue weighted by molar-refractivity contribution is 6.01. The third-order valence-electron chi connectivity index (χ3n) is 6.38. The van der Waals surface area contributed by atoms with Crippen LogP contribution in [0.2, 0.25) is 0 Å². The van der Waals surface area contributed by atoms with E-state index in [2.05, 4.69) is 29.5 Å². The number of nitrogens with one attached hydrogen (secondary N) is 1. The second kappa shape index (κ2) is 11.5. The average Bonchev–Trinajstić information content (AvgIpc) is 3.33. The molecule has 1 N–H and O–H groups in total. The summed E-state index contributed by atoms with van der Waals surface area (Å²) in [5, 5.41) is 11.3. The van der Waals surface area contributed by atoms with E-state index in [4.69, 9.17) is 4.74 Å². The molecule has 1 aliphatic heterocycles. The van der Waals surface area contributed by atoms with Gasteiger partial charge < -0.3 is 10.1 Å². The molecular weight excluding hydrogens is 410 g/mol. The minimum Gasteiger partial charge on any atom is -0.377 e. The summed E-state index contributed by atoms with van der Waals surface area (Å²) in [6.07, 6.45) is 6.91. The molecule has 3 rings (SSSR count). The topological polar surface area (TPSA) is 106 Å². The first-order valence-corrected chi connectivity index (χ1v) is 11.9. The van der Waals surface area contributed by atoms with Crippen molar-refractivity contribution >= 4 is 17.7 Å². The van der Waals surface area contributed by atoms with Crippen LogP contribution in [0.4, 0.5) is 0 Å². The van der Waals surface area contributed by atoms with Crippen LogP contribution >= 0.6 is 0 Å². The molecule has 32 heavy (non-hydrogen) atoms. The molecule has 1 aromatic rings. The van der Waals surface area contributed by atoms with Gasteiger partial charge in [0.05, 0.1) is 25.4 Å². The summed E-state index contributed by atoms with van der Waals surface area (Å²) in [4.78, 5) is 37.6. The van der Waals surface area contributed by atoms with Crippen molar-refractivity contribution in [3.8, 4) is 0 Å². The Morgan fingerprint density at radius 2 is 1.84 bits per heavy atom. The molecule has 0 bridgehead atoms. The Morgan fingerprint density at radius 3 is 2.50 bits per heavy atom. The number of nitrogens with zero attached hydrogens (tertiary/aromatic N) is 4. The first-order chi connectivity index (χ1) is 15.3. The number of aromatic nitrogens is 3. The monoisotopic (exact) mass is 447 g/mol. The fourth-order valence-corrected chi connectivity index (χ4v) is 4.34. The van der Waals surface area contributed by atoms with Crippen molar-refractivity contribution in [3.63, 3.8) is 0 Å². The molecule has 178 valence electrons. The van der Waals surface area contributed by atoms with Gasteiger partial charge in [-0.25, -0.2) is 4.68 Å². The number of carbonyl (C=O) groups excluding carboxylic acids is 3. The molecule has 1 aromatic heterocycles. The number of amides is 3. The van der Waals surface area contributed by atoms with Gasteiger partial charge in [-0.2, -0.15) is 0 Å². The number of hydrogen-bond acceptors (Lipinski definition) is 6. The van der Waals surface area contributed by atoms with Crippen LogP contribution in [-0.4, -0.2) is 56.9 Å². The second-order valence-corrected chi connectivity index (χ2v) is 9.63. The highest BCUT2D eigenvalue weighted by Gasteiger charge is 2.33. The van der Waals surface area contributed by atoms with E-state index in [1.807, 2.05) is 13.1 Å². The highest BCUT2D eigenvalue weighted by Crippen LogP contribution is 2.30. The van der Waals surface area contributed by atoms with Crippen molar-refractivity contribution in [2.75, 3.05) is 13.2 Å². The van der Waals surface area contributed by atoms with E-state index in [0.29, 0.717) is 44.3 Å². The number of carbonyl (C=O) groups is 3. The molecule has 2 aliphatic rings. The summed E-state index contributed by atoms with van der Waals surface area (Å²) in [6, 6.07) is 0. The fraction of sp³-hybridized carbons (Fsp3) is 0.783. The summed E-state index contributed by atoms with van der Waals surface area (Å²) in [5.41, 5.74) is 0.729. The molecule has 1 atom stereocenters. The van der Waals surface area contributed by atoms with Crippen LogP contribution in [0.5, 0.6) is 0 Å². The maximum Gasteiger partial charge on any atom is 0.229 e. The van der Waals surface area contributed by atoms with E-state index >= 15 is 0 Å². The molecule has 1 saturated carbocycles. The van der Waals surface area contributed by atoms with Crippen LogP contribution in [-0.2, 0) is 32.2 Å². The molecule has 2 heterocycles. The van der Waals surface area contributed by atoms with E-state index in [9.17, 15) is 14.4 Å². The Kier molecular flexibility index (Phi) is 8.78. The highest BCUT2D eigenvalue weighted by atomic mass is 16.5. The third kappa shape index (κ3) is 7.12. The molecule has 1 unspecified atom stereocenters. The first-order valence-electron chi connectivity index (χ1n) is 11.9. The van der Waals surface area contributed by atoms with Crippen molar-refractivity contribution in [2.45, 2.75) is 84.9 Å². The van der Waals surface area contributed by atoms with Gasteiger partial charge in [-0.3, -0.25) is 19.3 Å². The van der Waals surface area contributed by atoms with Crippen LogP contribution in [0.3, 0.4) is 0 Å². The van der Waals surface area contributed by atoms with Gasteiger partial charge in [-0.1, -0.05) is 19.1 Å². The summed E-state index contributed by atoms with van der Waals surface area (Å²) >= 11 is 0. The van der Waals surface area contributed by atoms with Gasteiger partial charge >= 0.3 is 0 Å². The first kappa shape index (κ1) is 24.4. The summed E-state index contributed by atoms with van der Waals surface area (Å²) in [6.45, 7) is 8.61. The van der Waals surface area contributed by atoms with E-state index in [-0.39, 0.29) is 29.7 Å². The van der Waals surface area contributed by atoms with Crippen LogP contribution in [0.1, 0.15) is 71.4 Å². The molecule has 0 spiro atoms. The lowest BCUT2D eigenvalue weighted by molar-refractivity contribution is -0.139. The number of ether oxygens (including phenoxy) is 1. The largest absolute Gasteiger partial charge is 0.377 e. The second-order valence-electron chi connectivity index (χ2n) is 9.63. The SMILES string of the molecule is CC(C)CCOC(C)Cn1cc(CNC(=O)C2CCC(CN3C(=O)CCC3=O)CC2)nn1. The summed E-state index contributed by atoms with van der Waals surface area (Å²) < 4.78 is 7.56. The summed E-state index contributed by atoms with van der Waals surface area (Å²) in [7, 11) is 0. The maximum absolute atomic E-state index is 12.6. The van der Waals surface area contributed by atoms with Crippen LogP contribution < -0.4 is 5.32 Å². The van der Waals surface area contributed by atoms with Crippen molar-refractivity contribution in [1.29, 1.82) is 0 Å². The molecule has 9 heteroatoms. The van der Waals surface area contributed by atoms with Gasteiger partial charge in [0, 0.05) is 31.9 Å². The van der Waals surface area contributed by atoms with Crippen molar-refractivity contribution in [1.82, 2.24) is 25.2 Å². The van der Waals surface area contributed by atoms with Crippen LogP contribution in [0.15, 0.2) is 6.20 Å². The zero-order valence-corrected chi connectivity index (χ0v) is 19.6. The lowest BCUT2D eigenvalue weighted by atomic mass is 9.81. The Bertz CT molecular complexity index is 769. The minimum absolute atomic E-state index is 0.0272. The van der Waals surface area contributed by atoms with Crippen LogP contribution in [0, 0.1) is 17.8 Å². The molecule has 0 aromatic carbocycles. The van der Waals surface area contributed by atoms with E-state index in [0.717, 1.165) is 44.4 Å². The number of imide groups is 1. The molecule has 1 saturated heterocycles. The predicted molar refractivity (Wildman–Crippen MR) is 118 cm³/mol. The number of likely N-dealkylation sites (tertiary alicyclic amines) is 1. The van der Waals surface area contributed by atoms with Gasteiger partial charge in [0.2, 0.25) is 17.7 Å². The number of hydrogen-bond donors (Lipinski definition) is 1. The Labute approximate surface area is 190 Å². The van der Waals surface area contributed by atoms with Gasteiger partial charge in [-0.15, -0.1) is 5.10 Å². The molecule has 1 aliphatic carbocycles. The van der Waals surface area contributed by atoms with E-state index in [1.165, 1.54) is 4.90 Å². The third-order valence-corrected chi connectivity index (χ3v) is 6.38. The van der Waals surface area contributed by atoms with Gasteiger partial charge in [-0.05, 0) is 50.9 Å². The zero-order chi connectivity index (χ0) is 23.1. The molecule has 2 fully saturated rings. The molecule has 9 nitrogen and oxygen atoms in total.